The van der Waals surface area contributed by atoms with Gasteiger partial charge in [0.15, 0.2) is 0 Å². The summed E-state index contributed by atoms with van der Waals surface area (Å²) in [5, 5.41) is 3.34. The van der Waals surface area contributed by atoms with Gasteiger partial charge < -0.3 is 9.88 Å². The summed E-state index contributed by atoms with van der Waals surface area (Å²) in [6.45, 7) is 8.14. The topological polar surface area (TPSA) is 29.9 Å². The van der Waals surface area contributed by atoms with E-state index in [1.807, 2.05) is 6.33 Å². The molecule has 0 radical (unpaired) electrons. The second-order valence-corrected chi connectivity index (χ2v) is 5.82. The molecule has 1 aromatic rings. The van der Waals surface area contributed by atoms with Crippen molar-refractivity contribution in [2.45, 2.75) is 39.2 Å². The maximum atomic E-state index is 4.33. The molecule has 1 aliphatic heterocycles. The number of aromatic nitrogens is 2. The highest BCUT2D eigenvalue weighted by atomic mass is 15.1. The summed E-state index contributed by atoms with van der Waals surface area (Å²) in [5.74, 6) is 1.49. The Labute approximate surface area is 97.3 Å². The maximum Gasteiger partial charge on any atom is 0.0948 e. The molecule has 1 N–H and O–H groups in total. The first-order valence-electron chi connectivity index (χ1n) is 6.42. The van der Waals surface area contributed by atoms with Gasteiger partial charge in [0.1, 0.15) is 0 Å². The van der Waals surface area contributed by atoms with Crippen LogP contribution >= 0.6 is 0 Å². The maximum absolute atomic E-state index is 4.33. The summed E-state index contributed by atoms with van der Waals surface area (Å²) < 4.78 is 2.40. The van der Waals surface area contributed by atoms with Crippen molar-refractivity contribution < 1.29 is 0 Å². The van der Waals surface area contributed by atoms with Crippen molar-refractivity contribution >= 4 is 0 Å². The summed E-state index contributed by atoms with van der Waals surface area (Å²) in [5.41, 5.74) is 2.01. The summed E-state index contributed by atoms with van der Waals surface area (Å²) >= 11 is 0. The third-order valence-electron chi connectivity index (χ3n) is 4.55. The molecule has 16 heavy (non-hydrogen) atoms. The molecule has 3 rings (SSSR count). The lowest BCUT2D eigenvalue weighted by molar-refractivity contribution is 0.298. The number of nitrogens with one attached hydrogen (secondary N) is 1. The van der Waals surface area contributed by atoms with Gasteiger partial charge in [-0.1, -0.05) is 13.8 Å². The van der Waals surface area contributed by atoms with Crippen molar-refractivity contribution in [1.82, 2.24) is 14.9 Å². The average molecular weight is 219 g/mol. The fourth-order valence-electron chi connectivity index (χ4n) is 2.72. The number of hydrogen-bond acceptors (Lipinski definition) is 2. The van der Waals surface area contributed by atoms with Crippen molar-refractivity contribution in [3.8, 4) is 0 Å². The Balaban J connectivity index is 1.77. The molecule has 2 fully saturated rings. The Hall–Kier alpha value is -0.830. The van der Waals surface area contributed by atoms with Gasteiger partial charge in [-0.25, -0.2) is 4.98 Å². The van der Waals surface area contributed by atoms with E-state index in [2.05, 4.69) is 34.9 Å². The molecule has 0 amide bonds. The van der Waals surface area contributed by atoms with Gasteiger partial charge in [0.2, 0.25) is 0 Å². The highest BCUT2D eigenvalue weighted by Gasteiger charge is 2.45. The number of imidazole rings is 1. The van der Waals surface area contributed by atoms with Gasteiger partial charge in [0, 0.05) is 37.4 Å². The SMILES string of the molecule is CC(C)C1(Cn2cncc2C2CNC2)CC1. The first kappa shape index (κ1) is 10.3. The van der Waals surface area contributed by atoms with Gasteiger partial charge in [-0.3, -0.25) is 0 Å². The first-order chi connectivity index (χ1) is 7.71. The van der Waals surface area contributed by atoms with Crippen molar-refractivity contribution in [3.05, 3.63) is 18.2 Å². The first-order valence-corrected chi connectivity index (χ1v) is 6.42. The molecule has 1 aliphatic carbocycles. The molecule has 0 atom stereocenters. The normalized spacial score (nSPS) is 23.4. The molecule has 3 heteroatoms. The number of rotatable bonds is 4. The van der Waals surface area contributed by atoms with Crippen LogP contribution in [0.4, 0.5) is 0 Å². The third kappa shape index (κ3) is 1.58. The molecule has 1 saturated carbocycles. The Morgan fingerprint density at radius 3 is 2.75 bits per heavy atom. The van der Waals surface area contributed by atoms with E-state index >= 15 is 0 Å². The van der Waals surface area contributed by atoms with Gasteiger partial charge >= 0.3 is 0 Å². The summed E-state index contributed by atoms with van der Waals surface area (Å²) in [6, 6.07) is 0. The van der Waals surface area contributed by atoms with Crippen LogP contribution in [0.1, 0.15) is 38.3 Å². The van der Waals surface area contributed by atoms with Crippen LogP contribution in [0, 0.1) is 11.3 Å². The molecule has 0 unspecified atom stereocenters. The van der Waals surface area contributed by atoms with Crippen LogP contribution in [0.5, 0.6) is 0 Å². The molecule has 88 valence electrons. The molecule has 2 heterocycles. The highest BCUT2D eigenvalue weighted by Crippen LogP contribution is 2.53. The lowest BCUT2D eigenvalue weighted by atomic mass is 9.91. The molecule has 0 bridgehead atoms. The van der Waals surface area contributed by atoms with E-state index in [0.29, 0.717) is 11.3 Å². The highest BCUT2D eigenvalue weighted by molar-refractivity contribution is 5.13. The molecule has 3 nitrogen and oxygen atoms in total. The largest absolute Gasteiger partial charge is 0.334 e. The van der Waals surface area contributed by atoms with E-state index in [4.69, 9.17) is 0 Å². The van der Waals surface area contributed by atoms with Gasteiger partial charge in [-0.2, -0.15) is 0 Å². The fourth-order valence-corrected chi connectivity index (χ4v) is 2.72. The van der Waals surface area contributed by atoms with Gasteiger partial charge in [-0.05, 0) is 24.2 Å². The zero-order valence-electron chi connectivity index (χ0n) is 10.2. The third-order valence-corrected chi connectivity index (χ3v) is 4.55. The Kier molecular flexibility index (Phi) is 2.32. The van der Waals surface area contributed by atoms with Crippen LogP contribution in [0.3, 0.4) is 0 Å². The van der Waals surface area contributed by atoms with E-state index in [1.165, 1.54) is 25.1 Å². The van der Waals surface area contributed by atoms with Crippen LogP contribution in [0.15, 0.2) is 12.5 Å². The van der Waals surface area contributed by atoms with Gasteiger partial charge in [0.05, 0.1) is 6.33 Å². The van der Waals surface area contributed by atoms with Crippen molar-refractivity contribution in [3.63, 3.8) is 0 Å². The number of nitrogens with zero attached hydrogens (tertiary/aromatic N) is 2. The van der Waals surface area contributed by atoms with Crippen LogP contribution in [0.2, 0.25) is 0 Å². The van der Waals surface area contributed by atoms with Crippen LogP contribution < -0.4 is 5.32 Å². The van der Waals surface area contributed by atoms with Crippen LogP contribution in [-0.4, -0.2) is 22.6 Å². The standard InChI is InChI=1S/C13H21N3/c1-10(2)13(3-4-13)8-16-9-15-7-12(16)11-5-14-6-11/h7,9-11,14H,3-6,8H2,1-2H3. The lowest BCUT2D eigenvalue weighted by Gasteiger charge is -2.29. The second-order valence-electron chi connectivity index (χ2n) is 5.82. The monoisotopic (exact) mass is 219 g/mol. The van der Waals surface area contributed by atoms with Gasteiger partial charge in [0.25, 0.3) is 0 Å². The molecule has 0 aromatic carbocycles. The Morgan fingerprint density at radius 1 is 1.50 bits per heavy atom. The minimum absolute atomic E-state index is 0.576. The van der Waals surface area contributed by atoms with E-state index < -0.39 is 0 Å². The predicted octanol–water partition coefficient (Wildman–Crippen LogP) is 2.01. The molecule has 0 spiro atoms. The number of hydrogen-bond donors (Lipinski definition) is 1. The second kappa shape index (κ2) is 3.59. The van der Waals surface area contributed by atoms with E-state index in [9.17, 15) is 0 Å². The predicted molar refractivity (Wildman–Crippen MR) is 64.3 cm³/mol. The zero-order valence-corrected chi connectivity index (χ0v) is 10.2. The Morgan fingerprint density at radius 2 is 2.25 bits per heavy atom. The fraction of sp³-hybridized carbons (Fsp3) is 0.769. The van der Waals surface area contributed by atoms with Crippen LogP contribution in [0.25, 0.3) is 0 Å². The average Bonchev–Trinajstić information content (AvgIpc) is 2.81. The quantitative estimate of drug-likeness (QED) is 0.839. The van der Waals surface area contributed by atoms with Crippen molar-refractivity contribution in [2.24, 2.45) is 11.3 Å². The van der Waals surface area contributed by atoms with Crippen molar-refractivity contribution in [2.75, 3.05) is 13.1 Å². The van der Waals surface area contributed by atoms with Crippen LogP contribution in [-0.2, 0) is 6.54 Å². The summed E-state index contributed by atoms with van der Waals surface area (Å²) in [4.78, 5) is 4.33. The smallest absolute Gasteiger partial charge is 0.0948 e. The van der Waals surface area contributed by atoms with E-state index in [1.54, 1.807) is 0 Å². The summed E-state index contributed by atoms with van der Waals surface area (Å²) in [7, 11) is 0. The molecule has 2 aliphatic rings. The lowest BCUT2D eigenvalue weighted by Crippen LogP contribution is -2.41. The molecular weight excluding hydrogens is 198 g/mol. The molecular formula is C13H21N3. The Bertz CT molecular complexity index is 372. The molecule has 1 saturated heterocycles. The molecule has 1 aromatic heterocycles. The minimum Gasteiger partial charge on any atom is -0.334 e. The summed E-state index contributed by atoms with van der Waals surface area (Å²) in [6.07, 6.45) is 6.87. The van der Waals surface area contributed by atoms with E-state index in [0.717, 1.165) is 19.0 Å². The van der Waals surface area contributed by atoms with Crippen molar-refractivity contribution in [1.29, 1.82) is 0 Å². The minimum atomic E-state index is 0.576. The van der Waals surface area contributed by atoms with Gasteiger partial charge in [-0.15, -0.1) is 0 Å². The van der Waals surface area contributed by atoms with E-state index in [-0.39, 0.29) is 0 Å². The zero-order chi connectivity index (χ0) is 11.2.